The number of carbonyl (C=O) groups is 2. The van der Waals surface area contributed by atoms with E-state index in [-0.39, 0.29) is 5.57 Å². The van der Waals surface area contributed by atoms with Crippen molar-refractivity contribution in [3.05, 3.63) is 51.4 Å². The van der Waals surface area contributed by atoms with E-state index in [2.05, 4.69) is 5.32 Å². The molecule has 0 aliphatic heterocycles. The van der Waals surface area contributed by atoms with Gasteiger partial charge in [0.2, 0.25) is 0 Å². The van der Waals surface area contributed by atoms with Crippen LogP contribution in [0, 0.1) is 25.2 Å². The summed E-state index contributed by atoms with van der Waals surface area (Å²) in [5.74, 6) is -0.438. The van der Waals surface area contributed by atoms with Crippen LogP contribution in [0.3, 0.4) is 0 Å². The Kier molecular flexibility index (Phi) is 6.15. The summed E-state index contributed by atoms with van der Waals surface area (Å²) in [5.41, 5.74) is 1.67. The van der Waals surface area contributed by atoms with Crippen LogP contribution in [-0.2, 0) is 9.53 Å². The molecular formula is C19H18N2O4S. The maximum atomic E-state index is 12.5. The van der Waals surface area contributed by atoms with Crippen molar-refractivity contribution in [1.82, 2.24) is 0 Å². The first-order chi connectivity index (χ1) is 12.4. The number of carbonyl (C=O) groups excluding carboxylic acids is 2. The fraction of sp³-hybridized carbons (Fsp3) is 0.211. The number of aryl methyl sites for hydroxylation is 1. The van der Waals surface area contributed by atoms with Crippen LogP contribution in [0.4, 0.5) is 5.00 Å². The second-order valence-corrected chi connectivity index (χ2v) is 6.60. The van der Waals surface area contributed by atoms with E-state index in [1.165, 1.54) is 24.5 Å². The van der Waals surface area contributed by atoms with Crippen LogP contribution in [0.5, 0.6) is 5.75 Å². The van der Waals surface area contributed by atoms with Gasteiger partial charge in [0.05, 0.1) is 19.8 Å². The first-order valence-electron chi connectivity index (χ1n) is 7.66. The second-order valence-electron chi connectivity index (χ2n) is 5.38. The summed E-state index contributed by atoms with van der Waals surface area (Å²) in [6.07, 6.45) is 1.47. The molecule has 0 unspecified atom stereocenters. The van der Waals surface area contributed by atoms with Gasteiger partial charge in [0.1, 0.15) is 22.4 Å². The number of nitrogens with zero attached hydrogens (tertiary/aromatic N) is 1. The Morgan fingerprint density at radius 1 is 1.19 bits per heavy atom. The number of benzene rings is 1. The van der Waals surface area contributed by atoms with Crippen LogP contribution in [-0.4, -0.2) is 26.1 Å². The Hall–Kier alpha value is -3.11. The summed E-state index contributed by atoms with van der Waals surface area (Å²) in [6, 6.07) is 8.84. The number of anilines is 1. The van der Waals surface area contributed by atoms with Crippen LogP contribution in [0.1, 0.15) is 26.4 Å². The van der Waals surface area contributed by atoms with Crippen molar-refractivity contribution in [2.45, 2.75) is 13.8 Å². The van der Waals surface area contributed by atoms with E-state index in [4.69, 9.17) is 9.47 Å². The average molecular weight is 370 g/mol. The van der Waals surface area contributed by atoms with Gasteiger partial charge in [0, 0.05) is 4.88 Å². The zero-order chi connectivity index (χ0) is 19.3. The van der Waals surface area contributed by atoms with Crippen LogP contribution in [0.2, 0.25) is 0 Å². The van der Waals surface area contributed by atoms with Gasteiger partial charge < -0.3 is 14.8 Å². The third-order valence-corrected chi connectivity index (χ3v) is 4.92. The molecule has 26 heavy (non-hydrogen) atoms. The number of methoxy groups -OCH3 is 2. The van der Waals surface area contributed by atoms with Crippen molar-refractivity contribution in [1.29, 1.82) is 5.26 Å². The minimum Gasteiger partial charge on any atom is -0.497 e. The molecule has 1 heterocycles. The molecule has 0 aliphatic rings. The molecule has 1 amide bonds. The normalized spacial score (nSPS) is 10.8. The molecule has 2 aromatic rings. The fourth-order valence-corrected chi connectivity index (χ4v) is 3.29. The molecule has 0 atom stereocenters. The van der Waals surface area contributed by atoms with Crippen molar-refractivity contribution in [3.63, 3.8) is 0 Å². The zero-order valence-electron chi connectivity index (χ0n) is 14.9. The van der Waals surface area contributed by atoms with Gasteiger partial charge in [-0.2, -0.15) is 5.26 Å². The van der Waals surface area contributed by atoms with Crippen molar-refractivity contribution >= 4 is 34.3 Å². The van der Waals surface area contributed by atoms with E-state index in [9.17, 15) is 14.9 Å². The number of nitriles is 1. The van der Waals surface area contributed by atoms with E-state index in [1.807, 2.05) is 13.0 Å². The summed E-state index contributed by atoms with van der Waals surface area (Å²) in [6.45, 7) is 3.63. The third kappa shape index (κ3) is 4.10. The molecule has 0 spiro atoms. The van der Waals surface area contributed by atoms with E-state index in [0.717, 1.165) is 10.4 Å². The predicted octanol–water partition coefficient (Wildman–Crippen LogP) is 3.71. The van der Waals surface area contributed by atoms with Gasteiger partial charge in [-0.1, -0.05) is 12.1 Å². The van der Waals surface area contributed by atoms with E-state index < -0.39 is 11.9 Å². The zero-order valence-corrected chi connectivity index (χ0v) is 15.7. The van der Waals surface area contributed by atoms with Gasteiger partial charge in [0.15, 0.2) is 0 Å². The number of hydrogen-bond acceptors (Lipinski definition) is 6. The van der Waals surface area contributed by atoms with Crippen molar-refractivity contribution in [3.8, 4) is 11.8 Å². The topological polar surface area (TPSA) is 88.4 Å². The molecule has 0 radical (unpaired) electrons. The van der Waals surface area contributed by atoms with Crippen LogP contribution < -0.4 is 10.1 Å². The highest BCUT2D eigenvalue weighted by atomic mass is 32.1. The van der Waals surface area contributed by atoms with Crippen molar-refractivity contribution in [2.24, 2.45) is 0 Å². The SMILES string of the molecule is COC(=O)c1c(NC(=O)C(C#N)=Cc2ccc(OC)cc2)sc(C)c1C. The standard InChI is InChI=1S/C19H18N2O4S/c1-11-12(2)26-18(16(11)19(23)25-4)21-17(22)14(10-20)9-13-5-7-15(24-3)8-6-13/h5-9H,1-4H3,(H,21,22). The van der Waals surface area contributed by atoms with Crippen LogP contribution in [0.25, 0.3) is 6.08 Å². The van der Waals surface area contributed by atoms with Gasteiger partial charge in [-0.15, -0.1) is 11.3 Å². The van der Waals surface area contributed by atoms with Gasteiger partial charge >= 0.3 is 5.97 Å². The third-order valence-electron chi connectivity index (χ3n) is 3.79. The number of esters is 1. The lowest BCUT2D eigenvalue weighted by molar-refractivity contribution is -0.112. The molecule has 134 valence electrons. The quantitative estimate of drug-likeness (QED) is 0.492. The Morgan fingerprint density at radius 3 is 2.38 bits per heavy atom. The summed E-state index contributed by atoms with van der Waals surface area (Å²) >= 11 is 1.27. The highest BCUT2D eigenvalue weighted by Gasteiger charge is 2.22. The molecule has 0 fully saturated rings. The Labute approximate surface area is 155 Å². The highest BCUT2D eigenvalue weighted by Crippen LogP contribution is 2.33. The predicted molar refractivity (Wildman–Crippen MR) is 100 cm³/mol. The van der Waals surface area contributed by atoms with Gasteiger partial charge in [0.25, 0.3) is 5.91 Å². The van der Waals surface area contributed by atoms with Crippen LogP contribution >= 0.6 is 11.3 Å². The number of ether oxygens (including phenoxy) is 2. The number of nitrogens with one attached hydrogen (secondary N) is 1. The molecule has 1 aromatic heterocycles. The average Bonchev–Trinajstić information content (AvgIpc) is 2.93. The molecule has 1 aromatic carbocycles. The molecule has 0 saturated carbocycles. The summed E-state index contributed by atoms with van der Waals surface area (Å²) in [5, 5.41) is 12.3. The minimum atomic E-state index is -0.588. The van der Waals surface area contributed by atoms with E-state index in [0.29, 0.717) is 21.9 Å². The lowest BCUT2D eigenvalue weighted by atomic mass is 10.1. The maximum absolute atomic E-state index is 12.5. The smallest absolute Gasteiger partial charge is 0.341 e. The van der Waals surface area contributed by atoms with E-state index in [1.54, 1.807) is 38.3 Å². The first kappa shape index (κ1) is 19.2. The minimum absolute atomic E-state index is 0.0744. The number of amides is 1. The summed E-state index contributed by atoms with van der Waals surface area (Å²) in [4.78, 5) is 25.4. The van der Waals surface area contributed by atoms with Gasteiger partial charge in [-0.3, -0.25) is 4.79 Å². The van der Waals surface area contributed by atoms with Gasteiger partial charge in [-0.25, -0.2) is 4.79 Å². The lowest BCUT2D eigenvalue weighted by Gasteiger charge is -2.06. The Morgan fingerprint density at radius 2 is 1.85 bits per heavy atom. The van der Waals surface area contributed by atoms with Crippen LogP contribution in [0.15, 0.2) is 29.8 Å². The first-order valence-corrected chi connectivity index (χ1v) is 8.48. The van der Waals surface area contributed by atoms with Crippen molar-refractivity contribution < 1.29 is 19.1 Å². The Bertz CT molecular complexity index is 905. The molecule has 2 rings (SSSR count). The monoisotopic (exact) mass is 370 g/mol. The second kappa shape index (κ2) is 8.32. The molecule has 1 N–H and O–H groups in total. The number of hydrogen-bond donors (Lipinski definition) is 1. The lowest BCUT2D eigenvalue weighted by Crippen LogP contribution is -2.15. The number of thiophene rings is 1. The molecule has 0 saturated heterocycles. The molecule has 6 nitrogen and oxygen atoms in total. The van der Waals surface area contributed by atoms with Gasteiger partial charge in [-0.05, 0) is 43.2 Å². The maximum Gasteiger partial charge on any atom is 0.341 e. The molecule has 7 heteroatoms. The molecule has 0 aliphatic carbocycles. The molecular weight excluding hydrogens is 352 g/mol. The summed E-state index contributed by atoms with van der Waals surface area (Å²) in [7, 11) is 2.84. The Balaban J connectivity index is 2.30. The van der Waals surface area contributed by atoms with Crippen molar-refractivity contribution in [2.75, 3.05) is 19.5 Å². The number of rotatable bonds is 5. The highest BCUT2D eigenvalue weighted by molar-refractivity contribution is 7.16. The molecule has 0 bridgehead atoms. The summed E-state index contributed by atoms with van der Waals surface area (Å²) < 4.78 is 9.86. The largest absolute Gasteiger partial charge is 0.497 e. The van der Waals surface area contributed by atoms with E-state index >= 15 is 0 Å². The fourth-order valence-electron chi connectivity index (χ4n) is 2.25.